The van der Waals surface area contributed by atoms with Crippen molar-refractivity contribution in [3.05, 3.63) is 114 Å². The van der Waals surface area contributed by atoms with Gasteiger partial charge in [-0.15, -0.1) is 23.5 Å². The second-order valence-electron chi connectivity index (χ2n) is 20.4. The number of anilines is 6. The zero-order chi connectivity index (χ0) is 61.7. The van der Waals surface area contributed by atoms with Crippen LogP contribution < -0.4 is 32.7 Å². The summed E-state index contributed by atoms with van der Waals surface area (Å²) in [6, 6.07) is 4.05. The number of aromatic nitrogens is 8. The molecule has 4 aromatic rings. The van der Waals surface area contributed by atoms with E-state index >= 15 is 0 Å². The summed E-state index contributed by atoms with van der Waals surface area (Å²) in [6.07, 6.45) is 18.5. The number of fused-ring (bicyclic) bond motifs is 2. The van der Waals surface area contributed by atoms with E-state index in [9.17, 15) is 0 Å². The Morgan fingerprint density at radius 3 is 1.44 bits per heavy atom. The van der Waals surface area contributed by atoms with E-state index < -0.39 is 0 Å². The fourth-order valence-electron chi connectivity index (χ4n) is 9.61. The molecule has 0 bridgehead atoms. The molecule has 4 saturated heterocycles. The Balaban J connectivity index is 0.000000187. The van der Waals surface area contributed by atoms with Crippen LogP contribution in [0.25, 0.3) is 19.4 Å². The van der Waals surface area contributed by atoms with Crippen LogP contribution in [0.2, 0.25) is 0 Å². The monoisotopic (exact) mass is 1190 g/mol. The van der Waals surface area contributed by atoms with Gasteiger partial charge in [0.05, 0.1) is 35.6 Å². The highest BCUT2D eigenvalue weighted by atomic mass is 32.2. The fourth-order valence-corrected chi connectivity index (χ4v) is 11.6. The number of rotatable bonds is 10. The van der Waals surface area contributed by atoms with Crippen molar-refractivity contribution in [2.45, 2.75) is 110 Å². The molecule has 0 aliphatic carbocycles. The third-order valence-corrected chi connectivity index (χ3v) is 16.4. The number of H-pyrrole nitrogens is 2. The van der Waals surface area contributed by atoms with E-state index in [1.807, 2.05) is 25.1 Å². The Morgan fingerprint density at radius 1 is 0.565 bits per heavy atom. The standard InChI is InChI=1S/C12H17N3S.C11H15N5.C11H15N3S.C9H13N5.C8H11N5.C6H9N5/c1-4-10-16-12(11(13-2)14-3)15-8-6-5-7-9-15;12-10-9-8(14-7-15-10)6-13-11(9)16-4-2-1-3-5-16;1-4-9-15-11(10(12-2)13-3)14-7-5-6-8-14;10-6-7-8(11)12-13-9(7)14-4-2-1-3-5-14;1-13(2)8-6-5(3-10-8)11-4-12-7(6)9;1-11(2)6-4(3-7)5(8)9-10-6/h4-10H2,1H3;7H,1-6H2,(H2,12,14,15);4-9H2,1H3;1-5H2,(H3,11,12,13);4H,3H2,1-2H3,(H2,9,11,12);1-2H3,(H3,8,9,10). The maximum Gasteiger partial charge on any atom is 0.549 e. The third-order valence-electron chi connectivity index (χ3n) is 13.8. The molecule has 10 rings (SSSR count). The summed E-state index contributed by atoms with van der Waals surface area (Å²) < 4.78 is 0. The largest absolute Gasteiger partial charge is 0.549 e. The van der Waals surface area contributed by atoms with Gasteiger partial charge in [0.2, 0.25) is 0 Å². The minimum atomic E-state index is 0.246. The van der Waals surface area contributed by atoms with Crippen LogP contribution >= 0.6 is 23.5 Å². The summed E-state index contributed by atoms with van der Waals surface area (Å²) in [5.74, 6) is 7.39. The topological polar surface area (TPSA) is 322 Å². The van der Waals surface area contributed by atoms with Crippen LogP contribution in [0.4, 0.5) is 34.9 Å². The number of nitrogens with two attached hydrogens (primary N) is 4. The summed E-state index contributed by atoms with van der Waals surface area (Å²) in [7, 11) is 7.47. The number of thioether (sulfide) groups is 2. The maximum atomic E-state index is 8.90. The molecule has 6 aliphatic heterocycles. The molecule has 0 spiro atoms. The normalized spacial score (nSPS) is 15.1. The number of nitriles is 2. The van der Waals surface area contributed by atoms with Crippen LogP contribution in [0.15, 0.2) is 44.3 Å². The number of nitrogen functional groups attached to an aromatic ring is 4. The molecule has 28 heteroatoms. The summed E-state index contributed by atoms with van der Waals surface area (Å²) >= 11 is 3.32. The molecule has 10 N–H and O–H groups in total. The molecule has 450 valence electrons. The Bertz CT molecular complexity index is 3170. The summed E-state index contributed by atoms with van der Waals surface area (Å²) in [6.45, 7) is 41.7. The van der Waals surface area contributed by atoms with Crippen molar-refractivity contribution < 1.29 is 0 Å². The van der Waals surface area contributed by atoms with E-state index in [-0.39, 0.29) is 11.6 Å². The quantitative estimate of drug-likeness (QED) is 0.0814. The lowest BCUT2D eigenvalue weighted by atomic mass is 10.1. The van der Waals surface area contributed by atoms with Gasteiger partial charge in [-0.2, -0.15) is 40.1 Å². The lowest BCUT2D eigenvalue weighted by Gasteiger charge is -2.29. The van der Waals surface area contributed by atoms with Crippen LogP contribution in [-0.2, 0) is 13.1 Å². The number of amidine groups is 2. The highest BCUT2D eigenvalue weighted by molar-refractivity contribution is 8.03. The first-order valence-electron chi connectivity index (χ1n) is 28.6. The van der Waals surface area contributed by atoms with Gasteiger partial charge in [0.1, 0.15) is 97.2 Å². The molecule has 85 heavy (non-hydrogen) atoms. The van der Waals surface area contributed by atoms with Crippen molar-refractivity contribution in [3.63, 3.8) is 0 Å². The summed E-state index contributed by atoms with van der Waals surface area (Å²) in [5.41, 5.74) is 27.3. The van der Waals surface area contributed by atoms with Crippen LogP contribution in [0.1, 0.15) is 131 Å². The molecule has 26 nitrogen and oxygen atoms in total. The van der Waals surface area contributed by atoms with Crippen LogP contribution in [0.3, 0.4) is 0 Å². The minimum Gasteiger partial charge on any atom is -0.383 e. The zero-order valence-electron chi connectivity index (χ0n) is 49.9. The van der Waals surface area contributed by atoms with Gasteiger partial charge in [0.15, 0.2) is 21.7 Å². The average molecular weight is 1190 g/mol. The van der Waals surface area contributed by atoms with Crippen molar-refractivity contribution in [2.24, 2.45) is 9.98 Å². The van der Waals surface area contributed by atoms with Crippen molar-refractivity contribution in [3.8, 4) is 12.1 Å². The van der Waals surface area contributed by atoms with Gasteiger partial charge in [0, 0.05) is 80.5 Å². The molecule has 0 atom stereocenters. The van der Waals surface area contributed by atoms with Gasteiger partial charge in [-0.1, -0.05) is 13.8 Å². The lowest BCUT2D eigenvalue weighted by molar-refractivity contribution is 0.301. The Hall–Kier alpha value is -8.96. The van der Waals surface area contributed by atoms with E-state index in [1.165, 1.54) is 70.4 Å². The molecular weight excluding hydrogens is 1110 g/mol. The van der Waals surface area contributed by atoms with Crippen molar-refractivity contribution in [1.29, 1.82) is 10.5 Å². The second-order valence-corrected chi connectivity index (χ2v) is 22.5. The maximum absolute atomic E-state index is 8.90. The molecule has 4 fully saturated rings. The summed E-state index contributed by atoms with van der Waals surface area (Å²) in [4.78, 5) is 51.0. The predicted octanol–water partition coefficient (Wildman–Crippen LogP) is 8.24. The molecule has 0 radical (unpaired) electrons. The van der Waals surface area contributed by atoms with Crippen molar-refractivity contribution in [1.82, 2.24) is 59.9 Å². The van der Waals surface area contributed by atoms with Crippen LogP contribution in [0.5, 0.6) is 0 Å². The zero-order valence-corrected chi connectivity index (χ0v) is 51.5. The van der Waals surface area contributed by atoms with E-state index in [2.05, 4.69) is 109 Å². The van der Waals surface area contributed by atoms with Gasteiger partial charge in [-0.05, 0) is 95.0 Å². The Kier molecular flexibility index (Phi) is 27.7. The first-order chi connectivity index (χ1) is 41.2. The van der Waals surface area contributed by atoms with Crippen molar-refractivity contribution in [2.75, 3.05) is 125 Å². The SMILES string of the molecule is CN(C)C1=NCc2ncnc(N)c21.CN(C)c1n[nH]c(N)c1C#N.N#Cc1c(N2CCCCC2)n[nH]c1N.Nc1ncnc2c1C(N1CCCCC1)=NC2.[C-]#[N+]C([N+]#[C-])=C(SCCC)N1CCCC1.[C-]#[N+]C([N+]#[C-])=C(SCCC)N1CCCCC1. The highest BCUT2D eigenvalue weighted by Gasteiger charge is 2.28. The lowest BCUT2D eigenvalue weighted by Crippen LogP contribution is -2.36. The highest BCUT2D eigenvalue weighted by Crippen LogP contribution is 2.32. The van der Waals surface area contributed by atoms with Gasteiger partial charge >= 0.3 is 11.6 Å². The summed E-state index contributed by atoms with van der Waals surface area (Å²) in [5, 5.41) is 32.4. The molecule has 10 heterocycles. The van der Waals surface area contributed by atoms with E-state index in [0.717, 1.165) is 134 Å². The van der Waals surface area contributed by atoms with Gasteiger partial charge in [-0.3, -0.25) is 20.2 Å². The van der Waals surface area contributed by atoms with Crippen LogP contribution in [-0.4, -0.2) is 164 Å². The molecule has 0 unspecified atom stereocenters. The molecule has 6 aliphatic rings. The molecule has 0 saturated carbocycles. The number of hydrogen-bond acceptors (Lipinski definition) is 22. The number of nitrogens with zero attached hydrogens (tertiary/aromatic N) is 20. The fraction of sp³-hybridized carbons (Fsp3) is 0.544. The predicted molar refractivity (Wildman–Crippen MR) is 340 cm³/mol. The number of hydrogen-bond donors (Lipinski definition) is 6. The van der Waals surface area contributed by atoms with E-state index in [1.54, 1.807) is 42.5 Å². The van der Waals surface area contributed by atoms with Gasteiger partial charge in [0.25, 0.3) is 0 Å². The average Bonchev–Trinajstić information content (AvgIpc) is 3.81. The van der Waals surface area contributed by atoms with Crippen molar-refractivity contribution >= 4 is 70.1 Å². The number of piperidine rings is 3. The molecule has 0 amide bonds. The second kappa shape index (κ2) is 35.2. The first-order valence-corrected chi connectivity index (χ1v) is 30.5. The van der Waals surface area contributed by atoms with Crippen LogP contribution in [0, 0.1) is 49.0 Å². The Morgan fingerprint density at radius 2 is 0.988 bits per heavy atom. The number of likely N-dealkylation sites (tertiary alicyclic amines) is 3. The van der Waals surface area contributed by atoms with Gasteiger partial charge in [-0.25, -0.2) is 19.9 Å². The van der Waals surface area contributed by atoms with E-state index in [0.29, 0.717) is 59.1 Å². The first kappa shape index (κ1) is 66.8. The molecule has 4 aromatic heterocycles. The van der Waals surface area contributed by atoms with Gasteiger partial charge < -0.3 is 52.3 Å². The van der Waals surface area contributed by atoms with E-state index in [4.69, 9.17) is 59.7 Å². The molecular formula is C57H80N26S2. The Labute approximate surface area is 509 Å². The molecule has 0 aromatic carbocycles. The smallest absolute Gasteiger partial charge is 0.383 e. The number of aromatic amines is 2. The minimum absolute atomic E-state index is 0.246. The number of nitrogens with one attached hydrogen (secondary N) is 2. The number of aliphatic imine (C=N–C) groups is 2. The third kappa shape index (κ3) is 18.8.